The van der Waals surface area contributed by atoms with Gasteiger partial charge in [-0.25, -0.2) is 4.39 Å². The summed E-state index contributed by atoms with van der Waals surface area (Å²) in [5, 5.41) is 12.4. The van der Waals surface area contributed by atoms with E-state index in [2.05, 4.69) is 5.32 Å². The van der Waals surface area contributed by atoms with Crippen LogP contribution in [0.15, 0.2) is 60.7 Å². The summed E-state index contributed by atoms with van der Waals surface area (Å²) < 4.78 is 98.1. The highest BCUT2D eigenvalue weighted by molar-refractivity contribution is 6.31. The standard InChI is InChI=1S/C25H21ClF7NO2/c1-2-14-10-18(7-9-20(14)26)36-17-5-3-4-15(11-17)23(34-13-22(35)25(31,32)33)19-8-6-16(12-21(19)27)24(28,29)30/h3-12,22-23,34-35H,2,13H2,1H3/t22-,23?/m1/s1. The third-order valence-corrected chi connectivity index (χ3v) is 5.73. The van der Waals surface area contributed by atoms with E-state index in [4.69, 9.17) is 16.3 Å². The predicted octanol–water partition coefficient (Wildman–Crippen LogP) is 7.45. The molecule has 0 saturated heterocycles. The molecule has 0 aliphatic rings. The Morgan fingerprint density at radius 3 is 2.25 bits per heavy atom. The number of aryl methyl sites for hydroxylation is 1. The zero-order valence-electron chi connectivity index (χ0n) is 18.7. The van der Waals surface area contributed by atoms with Crippen LogP contribution in [-0.4, -0.2) is 23.9 Å². The van der Waals surface area contributed by atoms with Crippen LogP contribution in [0.3, 0.4) is 0 Å². The van der Waals surface area contributed by atoms with Gasteiger partial charge in [0.2, 0.25) is 0 Å². The molecule has 36 heavy (non-hydrogen) atoms. The lowest BCUT2D eigenvalue weighted by Gasteiger charge is -2.24. The van der Waals surface area contributed by atoms with Crippen molar-refractivity contribution in [1.82, 2.24) is 5.32 Å². The number of aliphatic hydroxyl groups excluding tert-OH is 1. The molecule has 0 heterocycles. The smallest absolute Gasteiger partial charge is 0.416 e. The first-order valence-electron chi connectivity index (χ1n) is 10.7. The molecule has 0 radical (unpaired) electrons. The Morgan fingerprint density at radius 1 is 0.944 bits per heavy atom. The molecule has 3 rings (SSSR count). The molecular weight excluding hydrogens is 515 g/mol. The maximum atomic E-state index is 14.8. The number of hydrogen-bond donors (Lipinski definition) is 2. The molecule has 0 amide bonds. The summed E-state index contributed by atoms with van der Waals surface area (Å²) in [6.07, 6.45) is -11.9. The Balaban J connectivity index is 1.97. The summed E-state index contributed by atoms with van der Waals surface area (Å²) in [7, 11) is 0. The Hall–Kier alpha value is -2.82. The van der Waals surface area contributed by atoms with E-state index in [0.29, 0.717) is 23.3 Å². The Kier molecular flexibility index (Phi) is 8.53. The van der Waals surface area contributed by atoms with Crippen molar-refractivity contribution in [2.75, 3.05) is 6.54 Å². The first kappa shape index (κ1) is 27.8. The van der Waals surface area contributed by atoms with E-state index in [1.54, 1.807) is 24.3 Å². The van der Waals surface area contributed by atoms with Crippen LogP contribution in [0.2, 0.25) is 5.02 Å². The van der Waals surface area contributed by atoms with Gasteiger partial charge in [0.15, 0.2) is 6.10 Å². The van der Waals surface area contributed by atoms with Gasteiger partial charge in [0, 0.05) is 17.1 Å². The SMILES string of the molecule is CCc1cc(Oc2cccc(C(NC[C@@H](O)C(F)(F)F)c3ccc(C(F)(F)F)cc3F)c2)ccc1Cl. The van der Waals surface area contributed by atoms with E-state index >= 15 is 0 Å². The monoisotopic (exact) mass is 535 g/mol. The lowest BCUT2D eigenvalue weighted by molar-refractivity contribution is -0.202. The molecule has 194 valence electrons. The van der Waals surface area contributed by atoms with Crippen molar-refractivity contribution >= 4 is 11.6 Å². The molecule has 0 aromatic heterocycles. The second-order valence-corrected chi connectivity index (χ2v) is 8.32. The minimum absolute atomic E-state index is 0.199. The molecule has 11 heteroatoms. The van der Waals surface area contributed by atoms with E-state index in [0.717, 1.165) is 11.6 Å². The molecule has 0 spiro atoms. The normalized spacial score (nSPS) is 13.9. The molecule has 2 N–H and O–H groups in total. The number of nitrogens with one attached hydrogen (secondary N) is 1. The number of benzene rings is 3. The van der Waals surface area contributed by atoms with Crippen LogP contribution < -0.4 is 10.1 Å². The van der Waals surface area contributed by atoms with Crippen LogP contribution in [0.1, 0.15) is 35.2 Å². The number of hydrogen-bond acceptors (Lipinski definition) is 3. The van der Waals surface area contributed by atoms with Crippen LogP contribution in [-0.2, 0) is 12.6 Å². The highest BCUT2D eigenvalue weighted by atomic mass is 35.5. The van der Waals surface area contributed by atoms with E-state index in [1.165, 1.54) is 18.2 Å². The molecule has 0 saturated carbocycles. The van der Waals surface area contributed by atoms with E-state index < -0.39 is 42.4 Å². The third-order valence-electron chi connectivity index (χ3n) is 5.36. The molecular formula is C25H21ClF7NO2. The molecule has 0 aliphatic heterocycles. The summed E-state index contributed by atoms with van der Waals surface area (Å²) in [6, 6.07) is 11.3. The van der Waals surface area contributed by atoms with Gasteiger partial charge in [-0.2, -0.15) is 26.3 Å². The zero-order chi connectivity index (χ0) is 26.7. The zero-order valence-corrected chi connectivity index (χ0v) is 19.5. The minimum Gasteiger partial charge on any atom is -0.457 e. The van der Waals surface area contributed by atoms with Crippen molar-refractivity contribution in [2.24, 2.45) is 0 Å². The van der Waals surface area contributed by atoms with E-state index in [9.17, 15) is 35.8 Å². The fraction of sp³-hybridized carbons (Fsp3) is 0.280. The van der Waals surface area contributed by atoms with Crippen LogP contribution >= 0.6 is 11.6 Å². The fourth-order valence-electron chi connectivity index (χ4n) is 3.47. The van der Waals surface area contributed by atoms with Crippen molar-refractivity contribution in [2.45, 2.75) is 37.8 Å². The van der Waals surface area contributed by atoms with Crippen molar-refractivity contribution in [3.8, 4) is 11.5 Å². The molecule has 3 aromatic carbocycles. The first-order chi connectivity index (χ1) is 16.8. The average molecular weight is 536 g/mol. The van der Waals surface area contributed by atoms with Gasteiger partial charge in [-0.15, -0.1) is 0 Å². The molecule has 2 atom stereocenters. The Labute approximate surface area is 207 Å². The van der Waals surface area contributed by atoms with Crippen molar-refractivity contribution in [1.29, 1.82) is 0 Å². The van der Waals surface area contributed by atoms with Crippen molar-refractivity contribution in [3.05, 3.63) is 93.8 Å². The molecule has 3 aromatic rings. The van der Waals surface area contributed by atoms with Gasteiger partial charge >= 0.3 is 12.4 Å². The first-order valence-corrected chi connectivity index (χ1v) is 11.1. The maximum Gasteiger partial charge on any atom is 0.416 e. The molecule has 0 fully saturated rings. The topological polar surface area (TPSA) is 41.5 Å². The number of alkyl halides is 6. The number of rotatable bonds is 8. The highest BCUT2D eigenvalue weighted by Crippen LogP contribution is 2.35. The predicted molar refractivity (Wildman–Crippen MR) is 121 cm³/mol. The highest BCUT2D eigenvalue weighted by Gasteiger charge is 2.38. The van der Waals surface area contributed by atoms with E-state index in [1.807, 2.05) is 6.92 Å². The van der Waals surface area contributed by atoms with Crippen molar-refractivity contribution in [3.63, 3.8) is 0 Å². The molecule has 1 unspecified atom stereocenters. The van der Waals surface area contributed by atoms with Crippen LogP contribution in [0.25, 0.3) is 0 Å². The summed E-state index contributed by atoms with van der Waals surface area (Å²) in [5.74, 6) is -0.612. The number of aliphatic hydroxyl groups is 1. The van der Waals surface area contributed by atoms with Gasteiger partial charge in [0.1, 0.15) is 17.3 Å². The Bertz CT molecular complexity index is 1200. The molecule has 0 bridgehead atoms. The molecule has 3 nitrogen and oxygen atoms in total. The largest absolute Gasteiger partial charge is 0.457 e. The summed E-state index contributed by atoms with van der Waals surface area (Å²) in [4.78, 5) is 0. The fourth-order valence-corrected chi connectivity index (χ4v) is 3.72. The Morgan fingerprint density at radius 2 is 1.64 bits per heavy atom. The van der Waals surface area contributed by atoms with Gasteiger partial charge < -0.3 is 15.2 Å². The van der Waals surface area contributed by atoms with Crippen LogP contribution in [0, 0.1) is 5.82 Å². The van der Waals surface area contributed by atoms with Gasteiger partial charge in [-0.3, -0.25) is 0 Å². The lowest BCUT2D eigenvalue weighted by atomic mass is 9.96. The average Bonchev–Trinajstić information content (AvgIpc) is 2.80. The van der Waals surface area contributed by atoms with Gasteiger partial charge in [0.25, 0.3) is 0 Å². The van der Waals surface area contributed by atoms with E-state index in [-0.39, 0.29) is 22.9 Å². The van der Waals surface area contributed by atoms with Gasteiger partial charge in [-0.05, 0) is 60.0 Å². The number of halogens is 8. The third kappa shape index (κ3) is 6.89. The maximum absolute atomic E-state index is 14.8. The second-order valence-electron chi connectivity index (χ2n) is 7.91. The second kappa shape index (κ2) is 11.1. The van der Waals surface area contributed by atoms with Crippen LogP contribution in [0.4, 0.5) is 30.7 Å². The summed E-state index contributed by atoms with van der Waals surface area (Å²) >= 11 is 6.11. The number of ether oxygens (including phenoxy) is 1. The van der Waals surface area contributed by atoms with Gasteiger partial charge in [0.05, 0.1) is 11.6 Å². The quantitative estimate of drug-likeness (QED) is 0.294. The van der Waals surface area contributed by atoms with Crippen molar-refractivity contribution < 1.29 is 40.6 Å². The van der Waals surface area contributed by atoms with Crippen LogP contribution in [0.5, 0.6) is 11.5 Å². The molecule has 0 aliphatic carbocycles. The minimum atomic E-state index is -4.95. The summed E-state index contributed by atoms with van der Waals surface area (Å²) in [6.45, 7) is 0.868. The summed E-state index contributed by atoms with van der Waals surface area (Å²) in [5.41, 5.74) is -0.568. The lowest BCUT2D eigenvalue weighted by Crippen LogP contribution is -2.40. The van der Waals surface area contributed by atoms with Gasteiger partial charge in [-0.1, -0.05) is 36.7 Å².